The van der Waals surface area contributed by atoms with Crippen molar-refractivity contribution >= 4 is 28.9 Å². The fourth-order valence-corrected chi connectivity index (χ4v) is 4.68. The number of rotatable bonds is 6. The summed E-state index contributed by atoms with van der Waals surface area (Å²) in [5.41, 5.74) is 2.27. The van der Waals surface area contributed by atoms with E-state index in [9.17, 15) is 13.2 Å². The molecule has 1 fully saturated rings. The van der Waals surface area contributed by atoms with Gasteiger partial charge in [-0.15, -0.1) is 0 Å². The Morgan fingerprint density at radius 3 is 2.28 bits per heavy atom. The highest BCUT2D eigenvalue weighted by Crippen LogP contribution is 2.36. The van der Waals surface area contributed by atoms with E-state index in [1.165, 1.54) is 12.1 Å². The quantitative estimate of drug-likeness (QED) is 0.396. The van der Waals surface area contributed by atoms with Crippen LogP contribution >= 0.6 is 23.2 Å². The van der Waals surface area contributed by atoms with Gasteiger partial charge in [0.1, 0.15) is 0 Å². The van der Waals surface area contributed by atoms with Gasteiger partial charge in [-0.25, -0.2) is 0 Å². The van der Waals surface area contributed by atoms with Crippen LogP contribution < -0.4 is 10.6 Å². The van der Waals surface area contributed by atoms with Crippen LogP contribution in [0.1, 0.15) is 22.6 Å². The second kappa shape index (κ2) is 9.74. The predicted molar refractivity (Wildman–Crippen MR) is 125 cm³/mol. The zero-order valence-electron chi connectivity index (χ0n) is 17.2. The minimum absolute atomic E-state index is 0.00332. The Balaban J connectivity index is 1.61. The van der Waals surface area contributed by atoms with E-state index in [1.807, 2.05) is 36.4 Å². The highest BCUT2D eigenvalue weighted by atomic mass is 35.5. The van der Waals surface area contributed by atoms with Crippen LogP contribution in [0.4, 0.5) is 18.9 Å². The Labute approximate surface area is 195 Å². The molecule has 0 spiro atoms. The third-order valence-corrected chi connectivity index (χ3v) is 6.75. The molecule has 3 atom stereocenters. The van der Waals surface area contributed by atoms with Crippen molar-refractivity contribution in [2.45, 2.75) is 24.6 Å². The molecule has 2 nitrogen and oxygen atoms in total. The first-order chi connectivity index (χ1) is 15.3. The highest BCUT2D eigenvalue weighted by Gasteiger charge is 2.35. The molecule has 0 amide bonds. The second-order valence-corrected chi connectivity index (χ2v) is 8.93. The van der Waals surface area contributed by atoms with Gasteiger partial charge in [0, 0.05) is 30.7 Å². The first-order valence-electron chi connectivity index (χ1n) is 10.4. The van der Waals surface area contributed by atoms with Crippen LogP contribution in [-0.2, 0) is 12.6 Å². The lowest BCUT2D eigenvalue weighted by atomic mass is 9.81. The topological polar surface area (TPSA) is 24.1 Å². The molecule has 0 radical (unpaired) electrons. The Kier molecular flexibility index (Phi) is 6.99. The summed E-state index contributed by atoms with van der Waals surface area (Å²) in [6, 6.07) is 21.0. The van der Waals surface area contributed by atoms with Crippen LogP contribution in [0.3, 0.4) is 0 Å². The van der Waals surface area contributed by atoms with Crippen molar-refractivity contribution < 1.29 is 13.2 Å². The monoisotopic (exact) mass is 478 g/mol. The number of benzene rings is 3. The lowest BCUT2D eigenvalue weighted by Gasteiger charge is -2.30. The van der Waals surface area contributed by atoms with Gasteiger partial charge >= 0.3 is 6.18 Å². The fourth-order valence-electron chi connectivity index (χ4n) is 4.38. The van der Waals surface area contributed by atoms with Gasteiger partial charge in [0.15, 0.2) is 0 Å². The summed E-state index contributed by atoms with van der Waals surface area (Å²) in [6.45, 7) is 1.58. The number of hydrogen-bond donors (Lipinski definition) is 2. The van der Waals surface area contributed by atoms with Crippen LogP contribution in [0.2, 0.25) is 10.0 Å². The Hall–Kier alpha value is -2.21. The fraction of sp³-hybridized carbons (Fsp3) is 0.280. The minimum Gasteiger partial charge on any atom is -0.382 e. The lowest BCUT2D eigenvalue weighted by Crippen LogP contribution is -2.35. The molecule has 1 aliphatic rings. The maximum atomic E-state index is 13.0. The van der Waals surface area contributed by atoms with Gasteiger partial charge in [0.2, 0.25) is 0 Å². The first-order valence-corrected chi connectivity index (χ1v) is 11.2. The van der Waals surface area contributed by atoms with Gasteiger partial charge < -0.3 is 10.6 Å². The van der Waals surface area contributed by atoms with Crippen molar-refractivity contribution in [3.63, 3.8) is 0 Å². The average molecular weight is 479 g/mol. The molecule has 3 aromatic carbocycles. The van der Waals surface area contributed by atoms with Crippen LogP contribution in [-0.4, -0.2) is 19.1 Å². The van der Waals surface area contributed by atoms with Crippen molar-refractivity contribution in [3.8, 4) is 0 Å². The summed E-state index contributed by atoms with van der Waals surface area (Å²) >= 11 is 12.4. The molecule has 1 heterocycles. The molecule has 0 aliphatic carbocycles. The SMILES string of the molecule is FC(F)(F)c1ccc(N[C@@H](Cc2ccccc2)C2CNCC2c2ccc(Cl)c(Cl)c2)cc1. The summed E-state index contributed by atoms with van der Waals surface area (Å²) in [5, 5.41) is 8.01. The van der Waals surface area contributed by atoms with Gasteiger partial charge in [-0.3, -0.25) is 0 Å². The summed E-state index contributed by atoms with van der Waals surface area (Å²) < 4.78 is 38.9. The van der Waals surface area contributed by atoms with Crippen LogP contribution in [0.5, 0.6) is 0 Å². The third kappa shape index (κ3) is 5.40. The van der Waals surface area contributed by atoms with Gasteiger partial charge in [0.05, 0.1) is 15.6 Å². The van der Waals surface area contributed by atoms with Gasteiger partial charge in [-0.2, -0.15) is 13.2 Å². The largest absolute Gasteiger partial charge is 0.416 e. The first kappa shape index (κ1) is 23.0. The molecule has 0 bridgehead atoms. The van der Waals surface area contributed by atoms with Crippen LogP contribution in [0.15, 0.2) is 72.8 Å². The standard InChI is InChI=1S/C25H23Cl2F3N2/c26-22-11-6-17(13-23(22)27)20-14-31-15-21(20)24(12-16-4-2-1-3-5-16)32-19-9-7-18(8-10-19)25(28,29)30/h1-11,13,20-21,24,31-32H,12,14-15H2/t20?,21?,24-/m0/s1. The van der Waals surface area contributed by atoms with E-state index in [1.54, 1.807) is 0 Å². The van der Waals surface area contributed by atoms with E-state index >= 15 is 0 Å². The van der Waals surface area contributed by atoms with E-state index in [2.05, 4.69) is 22.8 Å². The summed E-state index contributed by atoms with van der Waals surface area (Å²) in [6.07, 6.45) is -3.61. The molecule has 7 heteroatoms. The molecule has 168 valence electrons. The summed E-state index contributed by atoms with van der Waals surface area (Å²) in [7, 11) is 0. The Morgan fingerprint density at radius 1 is 0.906 bits per heavy atom. The number of anilines is 1. The van der Waals surface area contributed by atoms with E-state index in [-0.39, 0.29) is 17.9 Å². The van der Waals surface area contributed by atoms with E-state index in [4.69, 9.17) is 23.2 Å². The molecular weight excluding hydrogens is 456 g/mol. The number of halogens is 5. The zero-order chi connectivity index (χ0) is 22.7. The highest BCUT2D eigenvalue weighted by molar-refractivity contribution is 6.42. The average Bonchev–Trinajstić information content (AvgIpc) is 3.26. The maximum Gasteiger partial charge on any atom is 0.416 e. The van der Waals surface area contributed by atoms with Crippen molar-refractivity contribution in [1.82, 2.24) is 5.32 Å². The smallest absolute Gasteiger partial charge is 0.382 e. The molecule has 2 unspecified atom stereocenters. The molecule has 3 aromatic rings. The molecule has 1 saturated heterocycles. The second-order valence-electron chi connectivity index (χ2n) is 8.12. The molecule has 1 aliphatic heterocycles. The van der Waals surface area contributed by atoms with Gasteiger partial charge in [-0.1, -0.05) is 59.6 Å². The molecular formula is C25H23Cl2F3N2. The lowest BCUT2D eigenvalue weighted by molar-refractivity contribution is -0.137. The normalized spacial score (nSPS) is 19.7. The Bertz CT molecular complexity index is 1040. The van der Waals surface area contributed by atoms with Crippen molar-refractivity contribution in [3.05, 3.63) is 99.5 Å². The van der Waals surface area contributed by atoms with Gasteiger partial charge in [-0.05, 0) is 59.9 Å². The Morgan fingerprint density at radius 2 is 1.62 bits per heavy atom. The van der Waals surface area contributed by atoms with Crippen molar-refractivity contribution in [2.75, 3.05) is 18.4 Å². The minimum atomic E-state index is -4.35. The summed E-state index contributed by atoms with van der Waals surface area (Å²) in [4.78, 5) is 0. The van der Waals surface area contributed by atoms with E-state index in [0.717, 1.165) is 42.8 Å². The molecule has 0 saturated carbocycles. The van der Waals surface area contributed by atoms with Gasteiger partial charge in [0.25, 0.3) is 0 Å². The predicted octanol–water partition coefficient (Wildman–Crippen LogP) is 7.04. The zero-order valence-corrected chi connectivity index (χ0v) is 18.7. The number of hydrogen-bond acceptors (Lipinski definition) is 2. The maximum absolute atomic E-state index is 13.0. The number of alkyl halides is 3. The number of nitrogens with one attached hydrogen (secondary N) is 2. The van der Waals surface area contributed by atoms with Crippen molar-refractivity contribution in [2.24, 2.45) is 5.92 Å². The van der Waals surface area contributed by atoms with E-state index < -0.39 is 11.7 Å². The molecule has 2 N–H and O–H groups in total. The third-order valence-electron chi connectivity index (χ3n) is 6.01. The molecule has 4 rings (SSSR count). The van der Waals surface area contributed by atoms with Crippen LogP contribution in [0.25, 0.3) is 0 Å². The van der Waals surface area contributed by atoms with Crippen molar-refractivity contribution in [1.29, 1.82) is 0 Å². The van der Waals surface area contributed by atoms with Crippen LogP contribution in [0, 0.1) is 5.92 Å². The summed E-state index contributed by atoms with van der Waals surface area (Å²) in [5.74, 6) is 0.398. The van der Waals surface area contributed by atoms with E-state index in [0.29, 0.717) is 15.7 Å². The molecule has 0 aromatic heterocycles. The molecule has 32 heavy (non-hydrogen) atoms.